The number of carbonyl (C=O) groups is 1. The summed E-state index contributed by atoms with van der Waals surface area (Å²) in [5.74, 6) is 0.250. The zero-order valence-electron chi connectivity index (χ0n) is 11.2. The first-order valence-corrected chi connectivity index (χ1v) is 6.40. The van der Waals surface area contributed by atoms with Crippen LogP contribution in [0.25, 0.3) is 0 Å². The molecule has 0 saturated carbocycles. The molecule has 1 amide bonds. The van der Waals surface area contributed by atoms with Crippen LogP contribution in [0.2, 0.25) is 0 Å². The first kappa shape index (κ1) is 12.5. The summed E-state index contributed by atoms with van der Waals surface area (Å²) in [5.41, 5.74) is 8.98. The Balaban J connectivity index is 1.98. The van der Waals surface area contributed by atoms with Crippen molar-refractivity contribution in [2.75, 3.05) is 24.3 Å². The van der Waals surface area contributed by atoms with Crippen LogP contribution < -0.4 is 15.4 Å². The first-order chi connectivity index (χ1) is 9.70. The second-order valence-electron chi connectivity index (χ2n) is 4.66. The number of hydrogen-bond donors (Lipinski definition) is 1. The van der Waals surface area contributed by atoms with E-state index in [0.29, 0.717) is 18.0 Å². The highest BCUT2D eigenvalue weighted by Crippen LogP contribution is 2.31. The van der Waals surface area contributed by atoms with Crippen molar-refractivity contribution in [3.63, 3.8) is 0 Å². The zero-order chi connectivity index (χ0) is 14.1. The van der Waals surface area contributed by atoms with E-state index < -0.39 is 0 Å². The van der Waals surface area contributed by atoms with E-state index in [1.165, 1.54) is 7.11 Å². The smallest absolute Gasteiger partial charge is 0.263 e. The number of fused-ring (bicyclic) bond motifs is 1. The lowest BCUT2D eigenvalue weighted by molar-refractivity contribution is 0.0985. The van der Waals surface area contributed by atoms with Crippen molar-refractivity contribution in [2.45, 2.75) is 6.42 Å². The summed E-state index contributed by atoms with van der Waals surface area (Å²) in [7, 11) is 1.51. The third kappa shape index (κ3) is 1.97. The van der Waals surface area contributed by atoms with Crippen molar-refractivity contribution in [3.05, 3.63) is 47.7 Å². The first-order valence-electron chi connectivity index (χ1n) is 6.40. The highest BCUT2D eigenvalue weighted by atomic mass is 16.5. The second kappa shape index (κ2) is 4.85. The van der Waals surface area contributed by atoms with E-state index >= 15 is 0 Å². The molecule has 2 heterocycles. The summed E-state index contributed by atoms with van der Waals surface area (Å²) in [6, 6.07) is 9.07. The average molecular weight is 269 g/mol. The predicted molar refractivity (Wildman–Crippen MR) is 77.0 cm³/mol. The number of methoxy groups -OCH3 is 1. The average Bonchev–Trinajstić information content (AvgIpc) is 2.89. The van der Waals surface area contributed by atoms with Gasteiger partial charge in [0.1, 0.15) is 5.56 Å². The Morgan fingerprint density at radius 2 is 2.25 bits per heavy atom. The number of nitrogens with two attached hydrogens (primary N) is 1. The molecule has 0 spiro atoms. The minimum absolute atomic E-state index is 0.0986. The number of pyridine rings is 1. The normalized spacial score (nSPS) is 13.2. The van der Waals surface area contributed by atoms with Crippen LogP contribution in [0.1, 0.15) is 15.9 Å². The van der Waals surface area contributed by atoms with Gasteiger partial charge in [0.2, 0.25) is 5.88 Å². The number of carbonyl (C=O) groups excluding carboxylic acids is 1. The molecular weight excluding hydrogens is 254 g/mol. The molecule has 0 aliphatic carbocycles. The lowest BCUT2D eigenvalue weighted by Gasteiger charge is -2.18. The Hall–Kier alpha value is -2.56. The molecular formula is C15H15N3O2. The molecule has 20 heavy (non-hydrogen) atoms. The molecule has 1 aromatic heterocycles. The number of ether oxygens (including phenoxy) is 1. The summed E-state index contributed by atoms with van der Waals surface area (Å²) in [5, 5.41) is 0. The van der Waals surface area contributed by atoms with Crippen molar-refractivity contribution in [3.8, 4) is 5.88 Å². The Morgan fingerprint density at radius 3 is 3.05 bits per heavy atom. The van der Waals surface area contributed by atoms with Gasteiger partial charge in [-0.25, -0.2) is 4.98 Å². The monoisotopic (exact) mass is 269 g/mol. The van der Waals surface area contributed by atoms with Crippen molar-refractivity contribution in [2.24, 2.45) is 0 Å². The minimum atomic E-state index is -0.0986. The number of anilines is 2. The predicted octanol–water partition coefficient (Wildman–Crippen LogP) is 1.88. The number of benzene rings is 1. The quantitative estimate of drug-likeness (QED) is 0.845. The molecule has 0 radical (unpaired) electrons. The fraction of sp³-hybridized carbons (Fsp3) is 0.200. The molecule has 5 nitrogen and oxygen atoms in total. The second-order valence-corrected chi connectivity index (χ2v) is 4.66. The molecule has 5 heteroatoms. The Labute approximate surface area is 117 Å². The van der Waals surface area contributed by atoms with Gasteiger partial charge < -0.3 is 15.4 Å². The number of nitrogen functional groups attached to an aromatic ring is 1. The number of rotatable bonds is 2. The Morgan fingerprint density at radius 1 is 1.40 bits per heavy atom. The van der Waals surface area contributed by atoms with Gasteiger partial charge in [0.05, 0.1) is 7.11 Å². The number of nitrogens with zero attached hydrogens (tertiary/aromatic N) is 2. The molecule has 1 aliphatic rings. The van der Waals surface area contributed by atoms with E-state index in [1.807, 2.05) is 18.2 Å². The van der Waals surface area contributed by atoms with Gasteiger partial charge in [-0.05, 0) is 42.3 Å². The van der Waals surface area contributed by atoms with Gasteiger partial charge in [-0.3, -0.25) is 4.79 Å². The maximum atomic E-state index is 12.6. The van der Waals surface area contributed by atoms with Crippen LogP contribution in [0.15, 0.2) is 36.5 Å². The molecule has 3 rings (SSSR count). The van der Waals surface area contributed by atoms with Gasteiger partial charge in [0, 0.05) is 24.1 Å². The van der Waals surface area contributed by atoms with E-state index in [9.17, 15) is 4.79 Å². The van der Waals surface area contributed by atoms with Crippen molar-refractivity contribution >= 4 is 17.3 Å². The summed E-state index contributed by atoms with van der Waals surface area (Å²) >= 11 is 0. The molecule has 0 fully saturated rings. The van der Waals surface area contributed by atoms with Crippen LogP contribution in [-0.4, -0.2) is 24.5 Å². The molecule has 1 aliphatic heterocycles. The van der Waals surface area contributed by atoms with E-state index in [-0.39, 0.29) is 5.91 Å². The van der Waals surface area contributed by atoms with E-state index in [0.717, 1.165) is 23.4 Å². The van der Waals surface area contributed by atoms with E-state index in [1.54, 1.807) is 23.2 Å². The number of amides is 1. The molecule has 102 valence electrons. The topological polar surface area (TPSA) is 68.5 Å². The summed E-state index contributed by atoms with van der Waals surface area (Å²) in [4.78, 5) is 18.5. The maximum Gasteiger partial charge on any atom is 0.263 e. The van der Waals surface area contributed by atoms with Gasteiger partial charge in [0.15, 0.2) is 0 Å². The van der Waals surface area contributed by atoms with E-state index in [4.69, 9.17) is 10.5 Å². The van der Waals surface area contributed by atoms with Gasteiger partial charge in [-0.15, -0.1) is 0 Å². The van der Waals surface area contributed by atoms with Gasteiger partial charge in [-0.1, -0.05) is 0 Å². The van der Waals surface area contributed by atoms with Crippen molar-refractivity contribution in [1.29, 1.82) is 0 Å². The third-order valence-electron chi connectivity index (χ3n) is 3.44. The van der Waals surface area contributed by atoms with Gasteiger partial charge in [0.25, 0.3) is 5.91 Å². The minimum Gasteiger partial charge on any atom is -0.480 e. The largest absolute Gasteiger partial charge is 0.480 e. The maximum absolute atomic E-state index is 12.6. The highest BCUT2D eigenvalue weighted by molar-refractivity contribution is 6.08. The molecule has 2 N–H and O–H groups in total. The zero-order valence-corrected chi connectivity index (χ0v) is 11.2. The lowest BCUT2D eigenvalue weighted by atomic mass is 10.1. The Kier molecular flexibility index (Phi) is 3.02. The number of aromatic nitrogens is 1. The van der Waals surface area contributed by atoms with Crippen LogP contribution >= 0.6 is 0 Å². The third-order valence-corrected chi connectivity index (χ3v) is 3.44. The molecule has 2 aromatic rings. The summed E-state index contributed by atoms with van der Waals surface area (Å²) in [6.45, 7) is 0.648. The van der Waals surface area contributed by atoms with Crippen molar-refractivity contribution in [1.82, 2.24) is 4.98 Å². The Bertz CT molecular complexity index is 670. The van der Waals surface area contributed by atoms with Crippen LogP contribution in [0.3, 0.4) is 0 Å². The molecule has 0 saturated heterocycles. The molecule has 0 unspecified atom stereocenters. The highest BCUT2D eigenvalue weighted by Gasteiger charge is 2.27. The van der Waals surface area contributed by atoms with Crippen LogP contribution in [0.4, 0.5) is 11.4 Å². The molecule has 1 aromatic carbocycles. The fourth-order valence-corrected chi connectivity index (χ4v) is 2.49. The standard InChI is InChI=1S/C15H15N3O2/c1-20-14-12(3-2-7-17-14)15(19)18-8-6-10-9-11(16)4-5-13(10)18/h2-5,7,9H,6,8,16H2,1H3. The van der Waals surface area contributed by atoms with Crippen LogP contribution in [-0.2, 0) is 6.42 Å². The van der Waals surface area contributed by atoms with Crippen molar-refractivity contribution < 1.29 is 9.53 Å². The number of hydrogen-bond acceptors (Lipinski definition) is 4. The SMILES string of the molecule is COc1ncccc1C(=O)N1CCc2cc(N)ccc21. The fourth-order valence-electron chi connectivity index (χ4n) is 2.49. The molecule has 0 bridgehead atoms. The van der Waals surface area contributed by atoms with Crippen LogP contribution in [0, 0.1) is 0 Å². The molecule has 0 atom stereocenters. The summed E-state index contributed by atoms with van der Waals surface area (Å²) in [6.07, 6.45) is 2.42. The van der Waals surface area contributed by atoms with Gasteiger partial charge in [-0.2, -0.15) is 0 Å². The summed E-state index contributed by atoms with van der Waals surface area (Å²) < 4.78 is 5.15. The lowest BCUT2D eigenvalue weighted by Crippen LogP contribution is -2.29. The van der Waals surface area contributed by atoms with E-state index in [2.05, 4.69) is 4.98 Å². The van der Waals surface area contributed by atoms with Crippen LogP contribution in [0.5, 0.6) is 5.88 Å². The van der Waals surface area contributed by atoms with Gasteiger partial charge >= 0.3 is 0 Å².